The van der Waals surface area contributed by atoms with E-state index in [2.05, 4.69) is 15.3 Å². The lowest BCUT2D eigenvalue weighted by Gasteiger charge is -2.38. The molecule has 1 aromatic heterocycles. The molecule has 1 aliphatic rings. The summed E-state index contributed by atoms with van der Waals surface area (Å²) in [5, 5.41) is 12.4. The number of carboxylic acids is 1. The lowest BCUT2D eigenvalue weighted by Crippen LogP contribution is -2.47. The number of nitrogens with zero attached hydrogens (tertiary/aromatic N) is 2. The minimum absolute atomic E-state index is 0.0897. The zero-order valence-electron chi connectivity index (χ0n) is 11.1. The number of rotatable bonds is 3. The van der Waals surface area contributed by atoms with E-state index in [1.54, 1.807) is 13.8 Å². The molecule has 0 radical (unpaired) electrons. The first kappa shape index (κ1) is 13.7. The Balaban J connectivity index is 2.25. The van der Waals surface area contributed by atoms with Crippen LogP contribution in [-0.2, 0) is 4.79 Å². The second-order valence-corrected chi connectivity index (χ2v) is 5.29. The van der Waals surface area contributed by atoms with Gasteiger partial charge < -0.3 is 10.4 Å². The van der Waals surface area contributed by atoms with Gasteiger partial charge in [0.05, 0.1) is 11.1 Å². The topological polar surface area (TPSA) is 75.1 Å². The van der Waals surface area contributed by atoms with Crippen molar-refractivity contribution < 1.29 is 14.3 Å². The smallest absolute Gasteiger partial charge is 0.311 e. The summed E-state index contributed by atoms with van der Waals surface area (Å²) in [6.07, 6.45) is 4.39. The van der Waals surface area contributed by atoms with Gasteiger partial charge >= 0.3 is 5.97 Å². The molecule has 0 aromatic carbocycles. The minimum atomic E-state index is -0.885. The van der Waals surface area contributed by atoms with E-state index in [4.69, 9.17) is 0 Å². The maximum absolute atomic E-state index is 13.9. The van der Waals surface area contributed by atoms with Crippen molar-refractivity contribution in [2.45, 2.75) is 45.6 Å². The third-order valence-corrected chi connectivity index (χ3v) is 3.97. The lowest BCUT2D eigenvalue weighted by atomic mass is 9.71. The van der Waals surface area contributed by atoms with Crippen LogP contribution in [0.4, 0.5) is 10.2 Å². The Bertz CT molecular complexity index is 495. The quantitative estimate of drug-likeness (QED) is 0.879. The summed E-state index contributed by atoms with van der Waals surface area (Å²) < 4.78 is 13.9. The van der Waals surface area contributed by atoms with Crippen molar-refractivity contribution in [3.63, 3.8) is 0 Å². The number of aromatic nitrogens is 2. The fourth-order valence-electron chi connectivity index (χ4n) is 2.54. The highest BCUT2D eigenvalue weighted by molar-refractivity contribution is 5.76. The van der Waals surface area contributed by atoms with Crippen LogP contribution in [-0.4, -0.2) is 27.1 Å². The van der Waals surface area contributed by atoms with Gasteiger partial charge in [-0.1, -0.05) is 12.8 Å². The number of carboxylic acid groups (broad SMARTS) is 1. The van der Waals surface area contributed by atoms with Gasteiger partial charge in [-0.05, 0) is 26.7 Å². The first-order valence-corrected chi connectivity index (χ1v) is 6.42. The Morgan fingerprint density at radius 2 is 2.26 bits per heavy atom. The lowest BCUT2D eigenvalue weighted by molar-refractivity contribution is -0.150. The van der Waals surface area contributed by atoms with Gasteiger partial charge in [-0.15, -0.1) is 0 Å². The van der Waals surface area contributed by atoms with E-state index in [1.165, 1.54) is 6.33 Å². The van der Waals surface area contributed by atoms with E-state index in [1.807, 2.05) is 0 Å². The zero-order valence-corrected chi connectivity index (χ0v) is 11.1. The fourth-order valence-corrected chi connectivity index (χ4v) is 2.54. The van der Waals surface area contributed by atoms with Crippen LogP contribution in [0, 0.1) is 18.2 Å². The second-order valence-electron chi connectivity index (χ2n) is 5.29. The first-order valence-electron chi connectivity index (χ1n) is 6.42. The molecule has 2 N–H and O–H groups in total. The molecular weight excluding hydrogens is 249 g/mol. The third-order valence-electron chi connectivity index (χ3n) is 3.97. The van der Waals surface area contributed by atoms with Crippen LogP contribution in [0.3, 0.4) is 0 Å². The minimum Gasteiger partial charge on any atom is -0.481 e. The molecular formula is C13H18FN3O2. The Morgan fingerprint density at radius 1 is 1.53 bits per heavy atom. The molecule has 0 saturated heterocycles. The van der Waals surface area contributed by atoms with Crippen molar-refractivity contribution in [2.24, 2.45) is 5.41 Å². The molecule has 19 heavy (non-hydrogen) atoms. The predicted molar refractivity (Wildman–Crippen MR) is 68.3 cm³/mol. The Hall–Kier alpha value is -1.72. The van der Waals surface area contributed by atoms with Crippen LogP contribution in [0.5, 0.6) is 0 Å². The van der Waals surface area contributed by atoms with Gasteiger partial charge in [0.1, 0.15) is 6.33 Å². The summed E-state index contributed by atoms with van der Waals surface area (Å²) in [5.41, 5.74) is -0.630. The van der Waals surface area contributed by atoms with Crippen molar-refractivity contribution >= 4 is 11.8 Å². The average molecular weight is 267 g/mol. The summed E-state index contributed by atoms with van der Waals surface area (Å²) in [6.45, 7) is 3.26. The highest BCUT2D eigenvalue weighted by atomic mass is 19.1. The van der Waals surface area contributed by atoms with Crippen molar-refractivity contribution in [3.05, 3.63) is 17.8 Å². The van der Waals surface area contributed by atoms with Crippen molar-refractivity contribution in [3.8, 4) is 0 Å². The van der Waals surface area contributed by atoms with Crippen LogP contribution in [0.1, 0.15) is 38.3 Å². The number of anilines is 1. The van der Waals surface area contributed by atoms with Gasteiger partial charge in [0, 0.05) is 6.04 Å². The van der Waals surface area contributed by atoms with Gasteiger partial charge in [-0.25, -0.2) is 14.4 Å². The summed E-state index contributed by atoms with van der Waals surface area (Å²) >= 11 is 0. The van der Waals surface area contributed by atoms with E-state index < -0.39 is 17.2 Å². The highest BCUT2D eigenvalue weighted by Crippen LogP contribution is 2.38. The monoisotopic (exact) mass is 267 g/mol. The van der Waals surface area contributed by atoms with Crippen LogP contribution in [0.15, 0.2) is 6.33 Å². The van der Waals surface area contributed by atoms with Crippen LogP contribution in [0.25, 0.3) is 0 Å². The SMILES string of the molecule is Cc1ncnc(NC2CCCCC2(C)C(=O)O)c1F. The number of aryl methyl sites for hydroxylation is 1. The summed E-state index contributed by atoms with van der Waals surface area (Å²) in [5.74, 6) is -1.27. The molecule has 1 heterocycles. The molecule has 5 nitrogen and oxygen atoms in total. The molecule has 0 amide bonds. The molecule has 1 aromatic rings. The van der Waals surface area contributed by atoms with E-state index in [-0.39, 0.29) is 17.6 Å². The number of nitrogens with one attached hydrogen (secondary N) is 1. The molecule has 0 bridgehead atoms. The van der Waals surface area contributed by atoms with E-state index >= 15 is 0 Å². The number of hydrogen-bond donors (Lipinski definition) is 2. The molecule has 2 unspecified atom stereocenters. The van der Waals surface area contributed by atoms with Gasteiger partial charge in [0.2, 0.25) is 0 Å². The van der Waals surface area contributed by atoms with Crippen LogP contribution >= 0.6 is 0 Å². The standard InChI is InChI=1S/C13H18FN3O2/c1-8-10(14)11(16-7-15-8)17-9-5-3-4-6-13(9,2)12(18)19/h7,9H,3-6H2,1-2H3,(H,18,19)(H,15,16,17). The summed E-state index contributed by atoms with van der Waals surface area (Å²) in [7, 11) is 0. The van der Waals surface area contributed by atoms with Crippen LogP contribution in [0.2, 0.25) is 0 Å². The molecule has 1 fully saturated rings. The van der Waals surface area contributed by atoms with Gasteiger partial charge in [0.15, 0.2) is 11.6 Å². The first-order chi connectivity index (χ1) is 8.95. The molecule has 104 valence electrons. The maximum atomic E-state index is 13.9. The number of halogens is 1. The Kier molecular flexibility index (Phi) is 3.68. The van der Waals surface area contributed by atoms with Crippen molar-refractivity contribution in [2.75, 3.05) is 5.32 Å². The van der Waals surface area contributed by atoms with E-state index in [0.29, 0.717) is 12.8 Å². The third kappa shape index (κ3) is 2.52. The normalized spacial score (nSPS) is 27.0. The number of aliphatic carboxylic acids is 1. The zero-order chi connectivity index (χ0) is 14.0. The van der Waals surface area contributed by atoms with Crippen molar-refractivity contribution in [1.82, 2.24) is 9.97 Å². The largest absolute Gasteiger partial charge is 0.481 e. The molecule has 0 aliphatic heterocycles. The molecule has 6 heteroatoms. The van der Waals surface area contributed by atoms with Gasteiger partial charge in [0.25, 0.3) is 0 Å². The molecule has 1 aliphatic carbocycles. The second kappa shape index (κ2) is 5.11. The number of hydrogen-bond acceptors (Lipinski definition) is 4. The number of carbonyl (C=O) groups is 1. The average Bonchev–Trinajstić information content (AvgIpc) is 2.37. The Morgan fingerprint density at radius 3 is 2.95 bits per heavy atom. The highest BCUT2D eigenvalue weighted by Gasteiger charge is 2.43. The predicted octanol–water partition coefficient (Wildman–Crippen LogP) is 2.37. The van der Waals surface area contributed by atoms with E-state index in [9.17, 15) is 14.3 Å². The van der Waals surface area contributed by atoms with Crippen LogP contribution < -0.4 is 5.32 Å². The molecule has 2 atom stereocenters. The van der Waals surface area contributed by atoms with Crippen molar-refractivity contribution in [1.29, 1.82) is 0 Å². The van der Waals surface area contributed by atoms with E-state index in [0.717, 1.165) is 12.8 Å². The molecule has 2 rings (SSSR count). The Labute approximate surface area is 111 Å². The molecule has 1 saturated carbocycles. The van der Waals surface area contributed by atoms with Gasteiger partial charge in [-0.3, -0.25) is 4.79 Å². The maximum Gasteiger partial charge on any atom is 0.311 e. The summed E-state index contributed by atoms with van der Waals surface area (Å²) in [6, 6.07) is -0.317. The van der Waals surface area contributed by atoms with Gasteiger partial charge in [-0.2, -0.15) is 0 Å². The molecule has 0 spiro atoms. The summed E-state index contributed by atoms with van der Waals surface area (Å²) in [4.78, 5) is 19.1. The fraction of sp³-hybridized carbons (Fsp3) is 0.615.